The quantitative estimate of drug-likeness (QED) is 0.684. The first-order chi connectivity index (χ1) is 12.5. The number of carbonyl (C=O) groups is 2. The summed E-state index contributed by atoms with van der Waals surface area (Å²) in [5.41, 5.74) is 2.94. The molecular weight excluding hydrogens is 394 g/mol. The summed E-state index contributed by atoms with van der Waals surface area (Å²) in [5, 5.41) is 0. The van der Waals surface area contributed by atoms with E-state index >= 15 is 0 Å². The maximum atomic E-state index is 12.4. The summed E-state index contributed by atoms with van der Waals surface area (Å²) in [6.45, 7) is 2.66. The molecular formula is C21H20BrNO3. The summed E-state index contributed by atoms with van der Waals surface area (Å²) >= 11 is 3.34. The van der Waals surface area contributed by atoms with E-state index in [1.54, 1.807) is 23.1 Å². The molecule has 0 saturated heterocycles. The van der Waals surface area contributed by atoms with Gasteiger partial charge in [-0.05, 0) is 42.7 Å². The SMILES string of the molecule is CC(=O)c1cc(Br)ccc1OCC(=O)N1CC=C(c2ccccc2)CC1. The van der Waals surface area contributed by atoms with Gasteiger partial charge >= 0.3 is 0 Å². The monoisotopic (exact) mass is 413 g/mol. The van der Waals surface area contributed by atoms with E-state index in [-0.39, 0.29) is 18.3 Å². The molecule has 0 saturated carbocycles. The van der Waals surface area contributed by atoms with Crippen molar-refractivity contribution in [1.29, 1.82) is 0 Å². The van der Waals surface area contributed by atoms with E-state index in [2.05, 4.69) is 34.1 Å². The van der Waals surface area contributed by atoms with E-state index in [1.807, 2.05) is 18.2 Å². The lowest BCUT2D eigenvalue weighted by atomic mass is 10.00. The van der Waals surface area contributed by atoms with Crippen LogP contribution in [0.1, 0.15) is 29.3 Å². The molecule has 0 fully saturated rings. The van der Waals surface area contributed by atoms with Crippen LogP contribution in [0.15, 0.2) is 59.1 Å². The molecule has 26 heavy (non-hydrogen) atoms. The number of Topliss-reactive ketones (excluding diaryl/α,β-unsaturated/α-hetero) is 1. The molecule has 5 heteroatoms. The normalized spacial score (nSPS) is 13.9. The molecule has 2 aromatic carbocycles. The predicted molar refractivity (Wildman–Crippen MR) is 105 cm³/mol. The zero-order chi connectivity index (χ0) is 18.5. The molecule has 1 aliphatic heterocycles. The number of hydrogen-bond acceptors (Lipinski definition) is 3. The highest BCUT2D eigenvalue weighted by Gasteiger charge is 2.19. The van der Waals surface area contributed by atoms with E-state index < -0.39 is 0 Å². The Morgan fingerprint density at radius 3 is 2.58 bits per heavy atom. The summed E-state index contributed by atoms with van der Waals surface area (Å²) in [7, 11) is 0. The largest absolute Gasteiger partial charge is 0.483 e. The van der Waals surface area contributed by atoms with Gasteiger partial charge in [0, 0.05) is 17.6 Å². The van der Waals surface area contributed by atoms with Gasteiger partial charge in [0.2, 0.25) is 0 Å². The molecule has 4 nitrogen and oxygen atoms in total. The summed E-state index contributed by atoms with van der Waals surface area (Å²) in [4.78, 5) is 25.9. The average molecular weight is 414 g/mol. The fraction of sp³-hybridized carbons (Fsp3) is 0.238. The number of ketones is 1. The van der Waals surface area contributed by atoms with E-state index in [9.17, 15) is 9.59 Å². The molecule has 0 N–H and O–H groups in total. The lowest BCUT2D eigenvalue weighted by Gasteiger charge is -2.26. The van der Waals surface area contributed by atoms with Crippen LogP contribution < -0.4 is 4.74 Å². The van der Waals surface area contributed by atoms with Gasteiger partial charge in [0.05, 0.1) is 5.56 Å². The molecule has 0 spiro atoms. The van der Waals surface area contributed by atoms with Crippen molar-refractivity contribution in [2.75, 3.05) is 19.7 Å². The van der Waals surface area contributed by atoms with Crippen LogP contribution in [0.3, 0.4) is 0 Å². The molecule has 1 aliphatic rings. The third kappa shape index (κ3) is 4.41. The van der Waals surface area contributed by atoms with Crippen LogP contribution in [0.25, 0.3) is 5.57 Å². The van der Waals surface area contributed by atoms with Crippen molar-refractivity contribution in [2.24, 2.45) is 0 Å². The maximum absolute atomic E-state index is 12.4. The highest BCUT2D eigenvalue weighted by Crippen LogP contribution is 2.25. The third-order valence-electron chi connectivity index (χ3n) is 4.38. The van der Waals surface area contributed by atoms with Crippen LogP contribution in [0.2, 0.25) is 0 Å². The molecule has 2 aromatic rings. The van der Waals surface area contributed by atoms with Crippen LogP contribution in [0, 0.1) is 0 Å². The van der Waals surface area contributed by atoms with Gasteiger partial charge in [-0.15, -0.1) is 0 Å². The van der Waals surface area contributed by atoms with Gasteiger partial charge in [-0.2, -0.15) is 0 Å². The Labute approximate surface area is 161 Å². The summed E-state index contributed by atoms with van der Waals surface area (Å²) in [6.07, 6.45) is 2.92. The number of nitrogens with zero attached hydrogens (tertiary/aromatic N) is 1. The smallest absolute Gasteiger partial charge is 0.260 e. The number of benzene rings is 2. The number of rotatable bonds is 5. The number of hydrogen-bond donors (Lipinski definition) is 0. The van der Waals surface area contributed by atoms with Gasteiger partial charge in [0.1, 0.15) is 5.75 Å². The zero-order valence-corrected chi connectivity index (χ0v) is 16.2. The second-order valence-electron chi connectivity index (χ2n) is 6.17. The van der Waals surface area contributed by atoms with Gasteiger partial charge in [0.15, 0.2) is 12.4 Å². The minimum atomic E-state index is -0.0952. The number of halogens is 1. The van der Waals surface area contributed by atoms with Crippen molar-refractivity contribution in [3.8, 4) is 5.75 Å². The van der Waals surface area contributed by atoms with Gasteiger partial charge in [0.25, 0.3) is 5.91 Å². The standard InChI is InChI=1S/C21H20BrNO3/c1-15(24)19-13-18(22)7-8-20(19)26-14-21(25)23-11-9-17(10-12-23)16-5-3-2-4-6-16/h2-9,13H,10-12,14H2,1H3. The first-order valence-electron chi connectivity index (χ1n) is 8.50. The molecule has 134 valence electrons. The molecule has 1 amide bonds. The fourth-order valence-corrected chi connectivity index (χ4v) is 3.31. The first kappa shape index (κ1) is 18.4. The van der Waals surface area contributed by atoms with Crippen molar-refractivity contribution in [2.45, 2.75) is 13.3 Å². The lowest BCUT2D eigenvalue weighted by Crippen LogP contribution is -2.37. The zero-order valence-electron chi connectivity index (χ0n) is 14.6. The second kappa shape index (κ2) is 8.32. The van der Waals surface area contributed by atoms with E-state index in [1.165, 1.54) is 18.1 Å². The Balaban J connectivity index is 1.60. The highest BCUT2D eigenvalue weighted by atomic mass is 79.9. The number of amides is 1. The van der Waals surface area contributed by atoms with Crippen LogP contribution in [-0.4, -0.2) is 36.3 Å². The molecule has 0 bridgehead atoms. The van der Waals surface area contributed by atoms with Gasteiger partial charge < -0.3 is 9.64 Å². The Kier molecular flexibility index (Phi) is 5.89. The first-order valence-corrected chi connectivity index (χ1v) is 9.29. The van der Waals surface area contributed by atoms with E-state index in [0.717, 1.165) is 10.9 Å². The lowest BCUT2D eigenvalue weighted by molar-refractivity contribution is -0.132. The number of carbonyl (C=O) groups excluding carboxylic acids is 2. The number of ether oxygens (including phenoxy) is 1. The van der Waals surface area contributed by atoms with Crippen LogP contribution in [-0.2, 0) is 4.79 Å². The molecule has 0 atom stereocenters. The van der Waals surface area contributed by atoms with Crippen molar-refractivity contribution in [3.05, 3.63) is 70.2 Å². The summed E-state index contributed by atoms with van der Waals surface area (Å²) in [5.74, 6) is 0.263. The van der Waals surface area contributed by atoms with E-state index in [0.29, 0.717) is 24.4 Å². The highest BCUT2D eigenvalue weighted by molar-refractivity contribution is 9.10. The van der Waals surface area contributed by atoms with Crippen LogP contribution in [0.4, 0.5) is 0 Å². The minimum absolute atomic E-state index is 0.0730. The van der Waals surface area contributed by atoms with Crippen molar-refractivity contribution < 1.29 is 14.3 Å². The molecule has 1 heterocycles. The van der Waals surface area contributed by atoms with Crippen LogP contribution >= 0.6 is 15.9 Å². The van der Waals surface area contributed by atoms with Gasteiger partial charge in [-0.1, -0.05) is 52.3 Å². The average Bonchev–Trinajstić information content (AvgIpc) is 2.67. The van der Waals surface area contributed by atoms with Gasteiger partial charge in [-0.25, -0.2) is 0 Å². The predicted octanol–water partition coefficient (Wildman–Crippen LogP) is 4.35. The van der Waals surface area contributed by atoms with Crippen molar-refractivity contribution >= 4 is 33.2 Å². The van der Waals surface area contributed by atoms with E-state index in [4.69, 9.17) is 4.74 Å². The van der Waals surface area contributed by atoms with Crippen molar-refractivity contribution in [3.63, 3.8) is 0 Å². The van der Waals surface area contributed by atoms with Crippen molar-refractivity contribution in [1.82, 2.24) is 4.90 Å². The Bertz CT molecular complexity index is 846. The Morgan fingerprint density at radius 1 is 1.15 bits per heavy atom. The molecule has 0 aliphatic carbocycles. The Morgan fingerprint density at radius 2 is 1.92 bits per heavy atom. The minimum Gasteiger partial charge on any atom is -0.483 e. The Hall–Kier alpha value is -2.40. The molecule has 0 aromatic heterocycles. The van der Waals surface area contributed by atoms with Crippen LogP contribution in [0.5, 0.6) is 5.75 Å². The maximum Gasteiger partial charge on any atom is 0.260 e. The second-order valence-corrected chi connectivity index (χ2v) is 7.09. The molecule has 3 rings (SSSR count). The third-order valence-corrected chi connectivity index (χ3v) is 4.87. The summed E-state index contributed by atoms with van der Waals surface area (Å²) in [6, 6.07) is 15.4. The summed E-state index contributed by atoms with van der Waals surface area (Å²) < 4.78 is 6.43. The topological polar surface area (TPSA) is 46.6 Å². The molecule has 0 unspecified atom stereocenters. The van der Waals surface area contributed by atoms with Gasteiger partial charge in [-0.3, -0.25) is 9.59 Å². The molecule has 0 radical (unpaired) electrons. The fourth-order valence-electron chi connectivity index (χ4n) is 2.94.